The average Bonchev–Trinajstić information content (AvgIpc) is 3.42. The molecule has 1 aliphatic carbocycles. The highest BCUT2D eigenvalue weighted by molar-refractivity contribution is 5.75. The Hall–Kier alpha value is -3.99. The number of carbonyl (C=O) groups excluding carboxylic acids is 1. The molecular formula is C30H38N6O5. The van der Waals surface area contributed by atoms with E-state index in [9.17, 15) is 4.79 Å². The van der Waals surface area contributed by atoms with Crippen LogP contribution in [-0.4, -0.2) is 83.2 Å². The fourth-order valence-electron chi connectivity index (χ4n) is 5.15. The van der Waals surface area contributed by atoms with Crippen LogP contribution in [0.25, 0.3) is 22.4 Å². The summed E-state index contributed by atoms with van der Waals surface area (Å²) >= 11 is 0. The first-order chi connectivity index (χ1) is 19.8. The summed E-state index contributed by atoms with van der Waals surface area (Å²) in [6, 6.07) is 11.9. The Kier molecular flexibility index (Phi) is 8.53. The van der Waals surface area contributed by atoms with Gasteiger partial charge in [0.1, 0.15) is 11.4 Å². The number of nitrogens with zero attached hydrogens (tertiary/aromatic N) is 6. The topological polar surface area (TPSA) is 112 Å². The average molecular weight is 563 g/mol. The molecule has 2 aromatic heterocycles. The Morgan fingerprint density at radius 1 is 1.00 bits per heavy atom. The SMILES string of the molecule is COCOc1cc(-c2cnnc(OC)c2)ccc1-c1ccc(N2CC[C@@H](N(C(=O)OC(C)(C)C)C3CCC3)C2)nn1. The summed E-state index contributed by atoms with van der Waals surface area (Å²) in [5.74, 6) is 1.82. The molecule has 218 valence electrons. The van der Waals surface area contributed by atoms with Gasteiger partial charge in [0.05, 0.1) is 25.0 Å². The van der Waals surface area contributed by atoms with Crippen molar-refractivity contribution in [2.45, 2.75) is 64.1 Å². The molecule has 0 N–H and O–H groups in total. The van der Waals surface area contributed by atoms with Gasteiger partial charge in [0.2, 0.25) is 5.88 Å². The minimum absolute atomic E-state index is 0.0829. The van der Waals surface area contributed by atoms with Crippen LogP contribution in [0, 0.1) is 0 Å². The smallest absolute Gasteiger partial charge is 0.410 e. The van der Waals surface area contributed by atoms with Crippen molar-refractivity contribution in [2.75, 3.05) is 39.0 Å². The zero-order chi connectivity index (χ0) is 29.0. The van der Waals surface area contributed by atoms with Crippen molar-refractivity contribution < 1.29 is 23.7 Å². The summed E-state index contributed by atoms with van der Waals surface area (Å²) in [7, 11) is 3.13. The van der Waals surface area contributed by atoms with E-state index >= 15 is 0 Å². The maximum Gasteiger partial charge on any atom is 0.410 e. The highest BCUT2D eigenvalue weighted by Crippen LogP contribution is 2.35. The molecule has 1 atom stereocenters. The fourth-order valence-corrected chi connectivity index (χ4v) is 5.15. The van der Waals surface area contributed by atoms with E-state index in [4.69, 9.17) is 18.9 Å². The molecule has 1 aromatic carbocycles. The van der Waals surface area contributed by atoms with E-state index < -0.39 is 5.60 Å². The minimum atomic E-state index is -0.523. The molecule has 41 heavy (non-hydrogen) atoms. The highest BCUT2D eigenvalue weighted by atomic mass is 16.7. The van der Waals surface area contributed by atoms with Crippen molar-refractivity contribution in [2.24, 2.45) is 0 Å². The largest absolute Gasteiger partial charge is 0.480 e. The maximum absolute atomic E-state index is 13.1. The number of carbonyl (C=O) groups is 1. The third-order valence-electron chi connectivity index (χ3n) is 7.37. The third-order valence-corrected chi connectivity index (χ3v) is 7.37. The lowest BCUT2D eigenvalue weighted by atomic mass is 9.90. The number of aromatic nitrogens is 4. The van der Waals surface area contributed by atoms with E-state index in [0.717, 1.165) is 54.7 Å². The molecule has 1 saturated carbocycles. The second kappa shape index (κ2) is 12.3. The van der Waals surface area contributed by atoms with E-state index in [1.54, 1.807) is 20.4 Å². The van der Waals surface area contributed by atoms with Crippen LogP contribution in [0.3, 0.4) is 0 Å². The first kappa shape index (κ1) is 28.5. The van der Waals surface area contributed by atoms with Crippen molar-refractivity contribution in [1.29, 1.82) is 0 Å². The monoisotopic (exact) mass is 562 g/mol. The summed E-state index contributed by atoms with van der Waals surface area (Å²) in [6.45, 7) is 7.32. The van der Waals surface area contributed by atoms with E-state index in [1.807, 2.05) is 62.1 Å². The van der Waals surface area contributed by atoms with Crippen LogP contribution in [0.1, 0.15) is 46.5 Å². The Morgan fingerprint density at radius 3 is 2.49 bits per heavy atom. The number of rotatable bonds is 9. The number of methoxy groups -OCH3 is 2. The first-order valence-corrected chi connectivity index (χ1v) is 14.0. The molecule has 2 aliphatic rings. The molecule has 5 rings (SSSR count). The summed E-state index contributed by atoms with van der Waals surface area (Å²) in [4.78, 5) is 17.3. The van der Waals surface area contributed by atoms with Crippen molar-refractivity contribution in [3.05, 3.63) is 42.6 Å². The Bertz CT molecular complexity index is 1340. The molecular weight excluding hydrogens is 524 g/mol. The predicted molar refractivity (Wildman–Crippen MR) is 154 cm³/mol. The molecule has 3 aromatic rings. The number of hydrogen-bond acceptors (Lipinski definition) is 10. The van der Waals surface area contributed by atoms with Crippen LogP contribution in [0.15, 0.2) is 42.6 Å². The van der Waals surface area contributed by atoms with E-state index in [2.05, 4.69) is 25.3 Å². The second-order valence-corrected chi connectivity index (χ2v) is 11.4. The van der Waals surface area contributed by atoms with E-state index in [0.29, 0.717) is 23.9 Å². The van der Waals surface area contributed by atoms with Crippen molar-refractivity contribution in [3.63, 3.8) is 0 Å². The molecule has 0 spiro atoms. The van der Waals surface area contributed by atoms with Gasteiger partial charge < -0.3 is 28.7 Å². The lowest BCUT2D eigenvalue weighted by molar-refractivity contribution is -0.00351. The van der Waals surface area contributed by atoms with Crippen LogP contribution >= 0.6 is 0 Å². The highest BCUT2D eigenvalue weighted by Gasteiger charge is 2.40. The van der Waals surface area contributed by atoms with Gasteiger partial charge >= 0.3 is 6.09 Å². The normalized spacial score (nSPS) is 17.2. The molecule has 0 unspecified atom stereocenters. The van der Waals surface area contributed by atoms with Crippen LogP contribution in [0.5, 0.6) is 11.6 Å². The lowest BCUT2D eigenvalue weighted by Crippen LogP contribution is -2.52. The van der Waals surface area contributed by atoms with Gasteiger partial charge in [-0.25, -0.2) is 4.79 Å². The first-order valence-electron chi connectivity index (χ1n) is 14.0. The van der Waals surface area contributed by atoms with Gasteiger partial charge in [-0.15, -0.1) is 15.3 Å². The Labute approximate surface area is 240 Å². The summed E-state index contributed by atoms with van der Waals surface area (Å²) in [5.41, 5.74) is 2.68. The van der Waals surface area contributed by atoms with Gasteiger partial charge in [-0.1, -0.05) is 6.07 Å². The number of benzene rings is 1. The number of anilines is 1. The quantitative estimate of drug-likeness (QED) is 0.332. The van der Waals surface area contributed by atoms with Crippen LogP contribution in [0.2, 0.25) is 0 Å². The second-order valence-electron chi connectivity index (χ2n) is 11.4. The van der Waals surface area contributed by atoms with Gasteiger partial charge in [0.15, 0.2) is 12.6 Å². The number of amides is 1. The van der Waals surface area contributed by atoms with Crippen molar-refractivity contribution >= 4 is 11.9 Å². The number of hydrogen-bond donors (Lipinski definition) is 0. The van der Waals surface area contributed by atoms with Crippen LogP contribution in [-0.2, 0) is 9.47 Å². The molecule has 3 heterocycles. The van der Waals surface area contributed by atoms with E-state index in [-0.39, 0.29) is 25.0 Å². The molecule has 0 radical (unpaired) electrons. The van der Waals surface area contributed by atoms with Gasteiger partial charge in [-0.05, 0) is 76.3 Å². The molecule has 1 saturated heterocycles. The summed E-state index contributed by atoms with van der Waals surface area (Å²) in [5, 5.41) is 17.1. The fraction of sp³-hybridized carbons (Fsp3) is 0.500. The maximum atomic E-state index is 13.1. The minimum Gasteiger partial charge on any atom is -0.480 e. The third kappa shape index (κ3) is 6.67. The molecule has 11 heteroatoms. The molecule has 11 nitrogen and oxygen atoms in total. The van der Waals surface area contributed by atoms with E-state index in [1.165, 1.54) is 0 Å². The zero-order valence-electron chi connectivity index (χ0n) is 24.4. The van der Waals surface area contributed by atoms with Crippen molar-refractivity contribution in [1.82, 2.24) is 25.3 Å². The summed E-state index contributed by atoms with van der Waals surface area (Å²) < 4.78 is 22.1. The predicted octanol–water partition coefficient (Wildman–Crippen LogP) is 4.96. The standard InChI is InChI=1S/C30H38N6O5/c1-30(2,3)41-29(37)36(22-7-6-8-22)23-13-14-35(18-23)27-12-11-25(32-33-27)24-10-9-20(15-26(24)40-19-38-4)21-16-28(39-5)34-31-17-21/h9-12,15-17,22-23H,6-8,13-14,18-19H2,1-5H3/t23-/m1/s1. The van der Waals surface area contributed by atoms with Gasteiger partial charge in [0.25, 0.3) is 0 Å². The molecule has 2 fully saturated rings. The van der Waals surface area contributed by atoms with Gasteiger partial charge in [-0.2, -0.15) is 5.10 Å². The molecule has 1 amide bonds. The lowest BCUT2D eigenvalue weighted by Gasteiger charge is -2.41. The Morgan fingerprint density at radius 2 is 1.83 bits per heavy atom. The molecule has 0 bridgehead atoms. The van der Waals surface area contributed by atoms with Gasteiger partial charge in [0, 0.05) is 43.4 Å². The van der Waals surface area contributed by atoms with Crippen LogP contribution in [0.4, 0.5) is 10.6 Å². The van der Waals surface area contributed by atoms with Gasteiger partial charge in [-0.3, -0.25) is 0 Å². The molecule has 1 aliphatic heterocycles. The Balaban J connectivity index is 1.33. The summed E-state index contributed by atoms with van der Waals surface area (Å²) in [6.07, 6.45) is 5.53. The van der Waals surface area contributed by atoms with Crippen molar-refractivity contribution in [3.8, 4) is 34.0 Å². The zero-order valence-corrected chi connectivity index (χ0v) is 24.4. The number of ether oxygens (including phenoxy) is 4. The van der Waals surface area contributed by atoms with Crippen LogP contribution < -0.4 is 14.4 Å².